The van der Waals surface area contributed by atoms with Crippen molar-refractivity contribution in [1.29, 1.82) is 0 Å². The molecule has 0 amide bonds. The zero-order valence-corrected chi connectivity index (χ0v) is 29.7. The largest absolute Gasteiger partial charge is 0.496 e. The van der Waals surface area contributed by atoms with Crippen LogP contribution in [0.15, 0.2) is 119 Å². The Labute approximate surface area is 295 Å². The first kappa shape index (κ1) is 33.0. The van der Waals surface area contributed by atoms with Crippen molar-refractivity contribution in [3.8, 4) is 5.75 Å². The summed E-state index contributed by atoms with van der Waals surface area (Å²) in [7, 11) is 1.66. The van der Waals surface area contributed by atoms with E-state index in [4.69, 9.17) is 14.5 Å². The van der Waals surface area contributed by atoms with Crippen LogP contribution in [-0.2, 0) is 16.1 Å². The monoisotopic (exact) mass is 681 g/mol. The summed E-state index contributed by atoms with van der Waals surface area (Å²) >= 11 is 1.33. The highest BCUT2D eigenvalue weighted by atomic mass is 32.1. The number of para-hydroxylation sites is 1. The minimum atomic E-state index is -0.773. The van der Waals surface area contributed by atoms with Gasteiger partial charge in [0.2, 0.25) is 0 Å². The van der Waals surface area contributed by atoms with Crippen LogP contribution in [0.2, 0.25) is 0 Å². The molecule has 0 radical (unpaired) electrons. The van der Waals surface area contributed by atoms with Crippen LogP contribution in [0.4, 0.5) is 0 Å². The normalized spacial score (nSPS) is 14.6. The van der Waals surface area contributed by atoms with Crippen molar-refractivity contribution in [1.82, 2.24) is 9.13 Å². The Morgan fingerprint density at radius 1 is 0.980 bits per heavy atom. The van der Waals surface area contributed by atoms with E-state index < -0.39 is 12.0 Å². The van der Waals surface area contributed by atoms with E-state index in [9.17, 15) is 9.59 Å². The highest BCUT2D eigenvalue weighted by molar-refractivity contribution is 7.07. The Kier molecular flexibility index (Phi) is 9.12. The van der Waals surface area contributed by atoms with Gasteiger partial charge in [0.25, 0.3) is 5.56 Å². The molecule has 0 unspecified atom stereocenters. The van der Waals surface area contributed by atoms with Crippen LogP contribution < -0.4 is 19.6 Å². The molecule has 0 saturated heterocycles. The number of thiazole rings is 1. The van der Waals surface area contributed by atoms with Crippen molar-refractivity contribution in [2.24, 2.45) is 4.99 Å². The lowest BCUT2D eigenvalue weighted by Gasteiger charge is -2.28. The molecular formula is C42H39N3O4S. The molecule has 1 atom stereocenters. The van der Waals surface area contributed by atoms with Crippen molar-refractivity contribution in [2.45, 2.75) is 46.2 Å². The van der Waals surface area contributed by atoms with E-state index >= 15 is 0 Å². The smallest absolute Gasteiger partial charge is 0.338 e. The lowest BCUT2D eigenvalue weighted by Crippen LogP contribution is -2.40. The second kappa shape index (κ2) is 13.8. The van der Waals surface area contributed by atoms with Gasteiger partial charge in [-0.3, -0.25) is 9.36 Å². The van der Waals surface area contributed by atoms with Gasteiger partial charge < -0.3 is 14.0 Å². The third kappa shape index (κ3) is 6.00. The number of methoxy groups -OCH3 is 1. The number of carbonyl (C=O) groups is 1. The number of esters is 1. The second-order valence-electron chi connectivity index (χ2n) is 12.8. The average molecular weight is 682 g/mol. The van der Waals surface area contributed by atoms with Gasteiger partial charge in [-0.05, 0) is 66.3 Å². The van der Waals surface area contributed by atoms with Gasteiger partial charge in [0.1, 0.15) is 5.75 Å². The summed E-state index contributed by atoms with van der Waals surface area (Å²) < 4.78 is 15.9. The first-order valence-electron chi connectivity index (χ1n) is 16.9. The Hall–Kier alpha value is -5.47. The Morgan fingerprint density at radius 2 is 1.68 bits per heavy atom. The minimum Gasteiger partial charge on any atom is -0.496 e. The first-order chi connectivity index (χ1) is 24.3. The van der Waals surface area contributed by atoms with E-state index in [1.807, 2.05) is 79.7 Å². The Bertz CT molecular complexity index is 2440. The number of hydrogen-bond donors (Lipinski definition) is 0. The standard InChI is InChI=1S/C42H39N3O4S/c1-6-49-41(47)37-38(29-17-11-8-12-18-29)43-42-45(39(37)33-23-32(26(2)3)35(48-5)21-27(33)4)40(46)36(50-42)22-30-25-44(24-28-15-9-7-10-16-28)34-20-14-13-19-31(30)34/h7-23,25-26,39H,6,24H2,1-5H3/b36-22-/t39-/m1/s1. The van der Waals surface area contributed by atoms with E-state index in [0.717, 1.165) is 44.5 Å². The molecule has 50 heavy (non-hydrogen) atoms. The van der Waals surface area contributed by atoms with Crippen LogP contribution in [0, 0.1) is 6.92 Å². The Balaban J connectivity index is 1.50. The summed E-state index contributed by atoms with van der Waals surface area (Å²) in [6.07, 6.45) is 4.07. The van der Waals surface area contributed by atoms with Crippen LogP contribution in [0.3, 0.4) is 0 Å². The summed E-state index contributed by atoms with van der Waals surface area (Å²) in [5, 5.41) is 1.05. The van der Waals surface area contributed by atoms with Gasteiger partial charge in [-0.1, -0.05) is 104 Å². The van der Waals surface area contributed by atoms with E-state index in [2.05, 4.69) is 54.9 Å². The molecule has 0 N–H and O–H groups in total. The molecule has 0 bridgehead atoms. The molecule has 1 aliphatic heterocycles. The van der Waals surface area contributed by atoms with Crippen molar-refractivity contribution < 1.29 is 14.3 Å². The van der Waals surface area contributed by atoms with E-state index in [0.29, 0.717) is 27.1 Å². The van der Waals surface area contributed by atoms with Gasteiger partial charge in [-0.2, -0.15) is 0 Å². The fraction of sp³-hybridized carbons (Fsp3) is 0.214. The van der Waals surface area contributed by atoms with Crippen LogP contribution >= 0.6 is 11.3 Å². The van der Waals surface area contributed by atoms with Crippen LogP contribution in [0.25, 0.3) is 22.7 Å². The molecule has 6 aromatic rings. The molecule has 8 heteroatoms. The molecular weight excluding hydrogens is 643 g/mol. The van der Waals surface area contributed by atoms with Gasteiger partial charge in [-0.25, -0.2) is 9.79 Å². The summed E-state index contributed by atoms with van der Waals surface area (Å²) in [6.45, 7) is 8.88. The fourth-order valence-corrected chi connectivity index (χ4v) is 7.81. The number of nitrogens with zero attached hydrogens (tertiary/aromatic N) is 3. The number of fused-ring (bicyclic) bond motifs is 2. The third-order valence-corrected chi connectivity index (χ3v) is 10.2. The maximum absolute atomic E-state index is 14.7. The van der Waals surface area contributed by atoms with Crippen molar-refractivity contribution in [3.05, 3.63) is 162 Å². The maximum atomic E-state index is 14.7. The number of aromatic nitrogens is 2. The number of benzene rings is 4. The van der Waals surface area contributed by atoms with Gasteiger partial charge in [0.05, 0.1) is 35.6 Å². The minimum absolute atomic E-state index is 0.136. The van der Waals surface area contributed by atoms with Crippen molar-refractivity contribution in [3.63, 3.8) is 0 Å². The average Bonchev–Trinajstić information content (AvgIpc) is 3.63. The predicted molar refractivity (Wildman–Crippen MR) is 200 cm³/mol. The van der Waals surface area contributed by atoms with E-state index in [1.165, 1.54) is 16.9 Å². The molecule has 0 spiro atoms. The lowest BCUT2D eigenvalue weighted by molar-refractivity contribution is -0.138. The third-order valence-electron chi connectivity index (χ3n) is 9.21. The summed E-state index contributed by atoms with van der Waals surface area (Å²) in [6, 6.07) is 31.5. The molecule has 252 valence electrons. The lowest BCUT2D eigenvalue weighted by atomic mass is 9.87. The van der Waals surface area contributed by atoms with E-state index in [-0.39, 0.29) is 18.1 Å². The zero-order chi connectivity index (χ0) is 34.9. The summed E-state index contributed by atoms with van der Waals surface area (Å²) in [5.41, 5.74) is 7.32. The molecule has 0 saturated carbocycles. The molecule has 7 nitrogen and oxygen atoms in total. The molecule has 3 heterocycles. The molecule has 2 aromatic heterocycles. The number of rotatable bonds is 9. The van der Waals surface area contributed by atoms with Crippen molar-refractivity contribution >= 4 is 40.0 Å². The van der Waals surface area contributed by atoms with Crippen LogP contribution in [-0.4, -0.2) is 28.8 Å². The molecule has 4 aromatic carbocycles. The van der Waals surface area contributed by atoms with Gasteiger partial charge >= 0.3 is 5.97 Å². The number of aryl methyl sites for hydroxylation is 1. The topological polar surface area (TPSA) is 74.8 Å². The molecule has 0 fully saturated rings. The SMILES string of the molecule is CCOC(=O)C1=C(c2ccccc2)N=c2s/c(=C\c3cn(Cc4ccccc4)c4ccccc34)c(=O)n2[C@@H]1c1cc(C(C)C)c(OC)cc1C. The Morgan fingerprint density at radius 3 is 2.38 bits per heavy atom. The van der Waals surface area contributed by atoms with Gasteiger partial charge in [0, 0.05) is 34.8 Å². The first-order valence-corrected chi connectivity index (χ1v) is 17.7. The summed E-state index contributed by atoms with van der Waals surface area (Å²) in [4.78, 5) is 34.4. The second-order valence-corrected chi connectivity index (χ2v) is 13.8. The zero-order valence-electron chi connectivity index (χ0n) is 28.8. The molecule has 1 aliphatic rings. The maximum Gasteiger partial charge on any atom is 0.338 e. The van der Waals surface area contributed by atoms with Crippen molar-refractivity contribution in [2.75, 3.05) is 13.7 Å². The predicted octanol–water partition coefficient (Wildman–Crippen LogP) is 7.38. The van der Waals surface area contributed by atoms with E-state index in [1.54, 1.807) is 18.6 Å². The van der Waals surface area contributed by atoms with Gasteiger partial charge in [-0.15, -0.1) is 0 Å². The fourth-order valence-electron chi connectivity index (χ4n) is 6.82. The van der Waals surface area contributed by atoms with Crippen LogP contribution in [0.5, 0.6) is 5.75 Å². The highest BCUT2D eigenvalue weighted by Gasteiger charge is 2.36. The number of hydrogen-bond acceptors (Lipinski definition) is 6. The number of carbonyl (C=O) groups excluding carboxylic acids is 1. The van der Waals surface area contributed by atoms with Gasteiger partial charge in [0.15, 0.2) is 4.80 Å². The number of ether oxygens (including phenoxy) is 2. The molecule has 0 aliphatic carbocycles. The van der Waals surface area contributed by atoms with Crippen LogP contribution in [0.1, 0.15) is 66.1 Å². The molecule has 7 rings (SSSR count). The summed E-state index contributed by atoms with van der Waals surface area (Å²) in [5.74, 6) is 0.405. The highest BCUT2D eigenvalue weighted by Crippen LogP contribution is 2.40. The quantitative estimate of drug-likeness (QED) is 0.149.